The normalized spacial score (nSPS) is 12.8. The van der Waals surface area contributed by atoms with Crippen LogP contribution in [-0.4, -0.2) is 39.4 Å². The molecule has 0 atom stereocenters. The fourth-order valence-corrected chi connectivity index (χ4v) is 4.21. The summed E-state index contributed by atoms with van der Waals surface area (Å²) in [6, 6.07) is 22.3. The van der Waals surface area contributed by atoms with Gasteiger partial charge in [-0.25, -0.2) is 9.37 Å². The highest BCUT2D eigenvalue weighted by Gasteiger charge is 2.29. The number of imidazole rings is 1. The summed E-state index contributed by atoms with van der Waals surface area (Å²) in [4.78, 5) is 32.6. The highest BCUT2D eigenvalue weighted by Crippen LogP contribution is 2.31. The number of aromatic nitrogens is 2. The lowest BCUT2D eigenvalue weighted by molar-refractivity contribution is -0.117. The number of nitrogens with zero attached hydrogens (tertiary/aromatic N) is 3. The molecule has 1 heterocycles. The lowest BCUT2D eigenvalue weighted by Gasteiger charge is -2.22. The second-order valence-electron chi connectivity index (χ2n) is 8.82. The number of amides is 2. The van der Waals surface area contributed by atoms with Crippen LogP contribution in [0, 0.1) is 11.7 Å². The summed E-state index contributed by atoms with van der Waals surface area (Å²) in [6.07, 6.45) is 3.85. The molecule has 36 heavy (non-hydrogen) atoms. The molecule has 5 rings (SSSR count). The van der Waals surface area contributed by atoms with Gasteiger partial charge in [-0.1, -0.05) is 54.1 Å². The molecule has 0 aliphatic heterocycles. The Morgan fingerprint density at radius 3 is 2.39 bits per heavy atom. The predicted molar refractivity (Wildman–Crippen MR) is 138 cm³/mol. The van der Waals surface area contributed by atoms with E-state index in [9.17, 15) is 14.0 Å². The third-order valence-electron chi connectivity index (χ3n) is 6.03. The minimum atomic E-state index is -0.385. The third kappa shape index (κ3) is 5.47. The maximum absolute atomic E-state index is 13.5. The summed E-state index contributed by atoms with van der Waals surface area (Å²) in [6.45, 7) is 0.344. The first kappa shape index (κ1) is 23.8. The number of rotatable bonds is 8. The minimum absolute atomic E-state index is 0.141. The maximum Gasteiger partial charge on any atom is 0.255 e. The van der Waals surface area contributed by atoms with Gasteiger partial charge in [0.15, 0.2) is 0 Å². The Bertz CT molecular complexity index is 1380. The van der Waals surface area contributed by atoms with E-state index in [1.165, 1.54) is 17.0 Å². The number of halogens is 2. The monoisotopic (exact) mass is 502 g/mol. The molecule has 3 aromatic carbocycles. The Balaban J connectivity index is 1.41. The summed E-state index contributed by atoms with van der Waals surface area (Å²) >= 11 is 6.25. The quantitative estimate of drug-likeness (QED) is 0.330. The summed E-state index contributed by atoms with van der Waals surface area (Å²) in [7, 11) is 0. The van der Waals surface area contributed by atoms with Gasteiger partial charge in [0.05, 0.1) is 16.3 Å². The lowest BCUT2D eigenvalue weighted by Crippen LogP contribution is -2.39. The van der Waals surface area contributed by atoms with Crippen LogP contribution >= 0.6 is 11.6 Å². The number of nitrogens with one attached hydrogen (secondary N) is 1. The van der Waals surface area contributed by atoms with Crippen molar-refractivity contribution in [3.8, 4) is 16.9 Å². The van der Waals surface area contributed by atoms with Crippen molar-refractivity contribution in [1.82, 2.24) is 14.5 Å². The van der Waals surface area contributed by atoms with E-state index in [0.717, 1.165) is 18.4 Å². The topological polar surface area (TPSA) is 67.2 Å². The highest BCUT2D eigenvalue weighted by molar-refractivity contribution is 6.33. The molecule has 1 aliphatic carbocycles. The van der Waals surface area contributed by atoms with Crippen molar-refractivity contribution in [3.63, 3.8) is 0 Å². The molecule has 4 aromatic rings. The molecule has 0 spiro atoms. The largest absolute Gasteiger partial charge is 0.329 e. The standard InChI is InChI=1S/C28H24ClFN4O2/c29-24-9-5-4-8-23(24)27(36)33(16-19-10-11-19)18-26(35)32-28-31-25(20-6-2-1-3-7-20)17-34(28)22-14-12-21(30)13-15-22/h1-9,12-15,17,19H,10-11,16,18H2,(H,31,32,35). The molecule has 6 nitrogen and oxygen atoms in total. The Hall–Kier alpha value is -3.97. The van der Waals surface area contributed by atoms with E-state index < -0.39 is 0 Å². The Kier molecular flexibility index (Phi) is 6.82. The molecule has 182 valence electrons. The summed E-state index contributed by atoms with van der Waals surface area (Å²) < 4.78 is 15.2. The van der Waals surface area contributed by atoms with Gasteiger partial charge in [-0.15, -0.1) is 0 Å². The van der Waals surface area contributed by atoms with Gasteiger partial charge in [0.1, 0.15) is 12.4 Å². The minimum Gasteiger partial charge on any atom is -0.329 e. The third-order valence-corrected chi connectivity index (χ3v) is 6.36. The summed E-state index contributed by atoms with van der Waals surface area (Å²) in [5, 5.41) is 3.20. The Morgan fingerprint density at radius 1 is 1.00 bits per heavy atom. The molecule has 1 aromatic heterocycles. The molecule has 1 fully saturated rings. The number of benzene rings is 3. The van der Waals surface area contributed by atoms with Crippen molar-refractivity contribution in [2.75, 3.05) is 18.4 Å². The molecule has 0 radical (unpaired) electrons. The maximum atomic E-state index is 13.5. The SMILES string of the molecule is O=C(CN(CC1CC1)C(=O)c1ccccc1Cl)Nc1nc(-c2ccccc2)cn1-c1ccc(F)cc1. The Morgan fingerprint density at radius 2 is 1.69 bits per heavy atom. The molecule has 1 N–H and O–H groups in total. The first-order chi connectivity index (χ1) is 17.5. The van der Waals surface area contributed by atoms with Gasteiger partial charge in [0.25, 0.3) is 5.91 Å². The van der Waals surface area contributed by atoms with Crippen LogP contribution in [0.2, 0.25) is 5.02 Å². The van der Waals surface area contributed by atoms with Crippen molar-refractivity contribution >= 4 is 29.4 Å². The smallest absolute Gasteiger partial charge is 0.255 e. The summed E-state index contributed by atoms with van der Waals surface area (Å²) in [5.74, 6) is -0.363. The molecular weight excluding hydrogens is 479 g/mol. The number of hydrogen-bond donors (Lipinski definition) is 1. The molecule has 1 aliphatic rings. The first-order valence-electron chi connectivity index (χ1n) is 11.7. The number of anilines is 1. The van der Waals surface area contributed by atoms with Crippen LogP contribution in [0.15, 0.2) is 85.1 Å². The van der Waals surface area contributed by atoms with Gasteiger partial charge in [-0.2, -0.15) is 0 Å². The van der Waals surface area contributed by atoms with Crippen molar-refractivity contribution in [3.05, 3.63) is 101 Å². The first-order valence-corrected chi connectivity index (χ1v) is 12.1. The predicted octanol–water partition coefficient (Wildman–Crippen LogP) is 5.82. The van der Waals surface area contributed by atoms with Gasteiger partial charge in [0.2, 0.25) is 11.9 Å². The average molecular weight is 503 g/mol. The van der Waals surface area contributed by atoms with Crippen molar-refractivity contribution in [1.29, 1.82) is 0 Å². The van der Waals surface area contributed by atoms with Gasteiger partial charge in [-0.3, -0.25) is 19.5 Å². The zero-order valence-electron chi connectivity index (χ0n) is 19.4. The molecule has 8 heteroatoms. The van der Waals surface area contributed by atoms with E-state index in [4.69, 9.17) is 11.6 Å². The number of carbonyl (C=O) groups excluding carboxylic acids is 2. The van der Waals surface area contributed by atoms with Crippen LogP contribution in [0.1, 0.15) is 23.2 Å². The van der Waals surface area contributed by atoms with E-state index in [0.29, 0.717) is 34.4 Å². The van der Waals surface area contributed by atoms with Gasteiger partial charge >= 0.3 is 0 Å². The van der Waals surface area contributed by atoms with E-state index in [-0.39, 0.29) is 30.1 Å². The van der Waals surface area contributed by atoms with Gasteiger partial charge in [-0.05, 0) is 55.2 Å². The van der Waals surface area contributed by atoms with E-state index in [1.54, 1.807) is 47.2 Å². The molecule has 0 unspecified atom stereocenters. The van der Waals surface area contributed by atoms with Crippen molar-refractivity contribution in [2.45, 2.75) is 12.8 Å². The van der Waals surface area contributed by atoms with Gasteiger partial charge < -0.3 is 4.90 Å². The Labute approximate surface area is 213 Å². The van der Waals surface area contributed by atoms with Crippen molar-refractivity contribution < 1.29 is 14.0 Å². The molecular formula is C28H24ClFN4O2. The highest BCUT2D eigenvalue weighted by atomic mass is 35.5. The second-order valence-corrected chi connectivity index (χ2v) is 9.23. The fraction of sp³-hybridized carbons (Fsp3) is 0.179. The summed E-state index contributed by atoms with van der Waals surface area (Å²) in [5.41, 5.74) is 2.53. The number of hydrogen-bond acceptors (Lipinski definition) is 3. The molecule has 1 saturated carbocycles. The zero-order valence-corrected chi connectivity index (χ0v) is 20.2. The lowest BCUT2D eigenvalue weighted by atomic mass is 10.2. The number of carbonyl (C=O) groups is 2. The second kappa shape index (κ2) is 10.3. The van der Waals surface area contributed by atoms with Crippen molar-refractivity contribution in [2.24, 2.45) is 5.92 Å². The van der Waals surface area contributed by atoms with Crippen LogP contribution in [0.5, 0.6) is 0 Å². The van der Waals surface area contributed by atoms with Crippen LogP contribution < -0.4 is 5.32 Å². The van der Waals surface area contributed by atoms with Crippen LogP contribution in [0.25, 0.3) is 16.9 Å². The van der Waals surface area contributed by atoms with E-state index in [1.807, 2.05) is 30.3 Å². The van der Waals surface area contributed by atoms with E-state index >= 15 is 0 Å². The van der Waals surface area contributed by atoms with Crippen LogP contribution in [0.3, 0.4) is 0 Å². The van der Waals surface area contributed by atoms with E-state index in [2.05, 4.69) is 10.3 Å². The van der Waals surface area contributed by atoms with Gasteiger partial charge in [0, 0.05) is 24.0 Å². The zero-order chi connectivity index (χ0) is 25.1. The molecule has 2 amide bonds. The molecule has 0 saturated heterocycles. The van der Waals surface area contributed by atoms with Crippen LogP contribution in [-0.2, 0) is 4.79 Å². The van der Waals surface area contributed by atoms with Crippen LogP contribution in [0.4, 0.5) is 10.3 Å². The molecule has 0 bridgehead atoms. The fourth-order valence-electron chi connectivity index (χ4n) is 3.99. The average Bonchev–Trinajstić information content (AvgIpc) is 3.61.